The molecule has 0 aliphatic heterocycles. The highest BCUT2D eigenvalue weighted by Gasteiger charge is 2.18. The van der Waals surface area contributed by atoms with Crippen LogP contribution in [0.25, 0.3) is 145 Å². The Morgan fingerprint density at radius 2 is 0.535 bits per heavy atom. The van der Waals surface area contributed by atoms with Gasteiger partial charge in [-0.2, -0.15) is 0 Å². The van der Waals surface area contributed by atoms with Crippen LogP contribution in [-0.2, 0) is 0 Å². The lowest BCUT2D eigenvalue weighted by molar-refractivity contribution is 1.28. The maximum Gasteiger partial charge on any atom is 0.0468 e. The molecule has 0 radical (unpaired) electrons. The highest BCUT2D eigenvalue weighted by Crippen LogP contribution is 2.45. The third-order valence-corrected chi connectivity index (χ3v) is 25.7. The number of thiophene rings is 6. The third-order valence-electron chi connectivity index (χ3n) is 18.5. The van der Waals surface area contributed by atoms with Crippen molar-refractivity contribution in [3.63, 3.8) is 0 Å². The number of rotatable bonds is 11. The van der Waals surface area contributed by atoms with Crippen LogP contribution in [0.5, 0.6) is 0 Å². The minimum absolute atomic E-state index is 0.774. The fourth-order valence-corrected chi connectivity index (χ4v) is 20.0. The number of nitrogens with zero attached hydrogens (tertiary/aromatic N) is 1. The smallest absolute Gasteiger partial charge is 0.0468 e. The number of nitrogens with one attached hydrogen (secondary N) is 1. The van der Waals surface area contributed by atoms with Gasteiger partial charge >= 0.3 is 0 Å². The molecule has 0 saturated carbocycles. The van der Waals surface area contributed by atoms with Gasteiger partial charge in [-0.15, -0.1) is 68.0 Å². The Hall–Kier alpha value is -10.8. The van der Waals surface area contributed by atoms with Crippen molar-refractivity contribution >= 4 is 189 Å². The Bertz CT molecular complexity index is 6060. The van der Waals surface area contributed by atoms with Gasteiger partial charge in [-0.05, 0) is 224 Å². The van der Waals surface area contributed by atoms with Gasteiger partial charge in [0.25, 0.3) is 0 Å². The second-order valence-electron chi connectivity index (χ2n) is 25.0. The Labute approximate surface area is 614 Å². The van der Waals surface area contributed by atoms with Gasteiger partial charge in [0.1, 0.15) is 0 Å². The maximum absolute atomic E-state index is 5.96. The average molecular weight is 1420 g/mol. The lowest BCUT2D eigenvalue weighted by atomic mass is 10.0. The zero-order chi connectivity index (χ0) is 67.2. The van der Waals surface area contributed by atoms with E-state index in [1.807, 2.05) is 80.2 Å². The number of benzene rings is 14. The van der Waals surface area contributed by atoms with Gasteiger partial charge < -0.3 is 10.2 Å². The molecule has 1 N–H and O–H groups in total. The van der Waals surface area contributed by atoms with Gasteiger partial charge in [-0.1, -0.05) is 206 Å². The lowest BCUT2D eigenvalue weighted by Gasteiger charge is -2.26. The van der Waals surface area contributed by atoms with Crippen LogP contribution in [-0.4, -0.2) is 0 Å². The molecule has 0 unspecified atom stereocenters. The summed E-state index contributed by atoms with van der Waals surface area (Å²) in [4.78, 5) is 7.54. The van der Waals surface area contributed by atoms with Crippen molar-refractivity contribution in [2.75, 3.05) is 10.2 Å². The van der Waals surface area contributed by atoms with Crippen LogP contribution in [0.2, 0.25) is 5.02 Å². The highest BCUT2D eigenvalue weighted by atomic mass is 35.5. The van der Waals surface area contributed by atoms with E-state index < -0.39 is 0 Å². The first kappa shape index (κ1) is 62.5. The van der Waals surface area contributed by atoms with Crippen molar-refractivity contribution in [1.29, 1.82) is 0 Å². The molecule has 14 aromatic carbocycles. The van der Waals surface area contributed by atoms with E-state index in [4.69, 9.17) is 11.6 Å². The Balaban J connectivity index is 0.000000121. The molecule has 9 heteroatoms. The molecule has 20 aromatic rings. The summed E-state index contributed by atoms with van der Waals surface area (Å²) in [7, 11) is 0. The van der Waals surface area contributed by atoms with Crippen molar-refractivity contribution in [2.45, 2.75) is 0 Å². The normalized spacial score (nSPS) is 11.4. The minimum Gasteiger partial charge on any atom is -0.355 e. The highest BCUT2D eigenvalue weighted by molar-refractivity contribution is 7.26. The molecule has 0 bridgehead atoms. The molecular weight excluding hydrogens is 1360 g/mol. The van der Waals surface area contributed by atoms with E-state index in [1.54, 1.807) is 0 Å². The molecule has 0 fully saturated rings. The zero-order valence-corrected chi connectivity index (χ0v) is 59.9. The molecular formula is C92H59ClN2S6. The predicted molar refractivity (Wildman–Crippen MR) is 449 cm³/mol. The van der Waals surface area contributed by atoms with Crippen LogP contribution >= 0.6 is 79.6 Å². The van der Waals surface area contributed by atoms with Crippen LogP contribution in [0.15, 0.2) is 352 Å². The second kappa shape index (κ2) is 27.4. The lowest BCUT2D eigenvalue weighted by Crippen LogP contribution is -2.10. The van der Waals surface area contributed by atoms with Crippen LogP contribution in [0.4, 0.5) is 28.4 Å². The van der Waals surface area contributed by atoms with Crippen LogP contribution in [0.1, 0.15) is 0 Å². The van der Waals surface area contributed by atoms with E-state index in [2.05, 4.69) is 350 Å². The summed E-state index contributed by atoms with van der Waals surface area (Å²) in [5.41, 5.74) is 15.4. The van der Waals surface area contributed by atoms with Gasteiger partial charge in [0.05, 0.1) is 0 Å². The monoisotopic (exact) mass is 1420 g/mol. The number of hydrogen-bond acceptors (Lipinski definition) is 8. The van der Waals surface area contributed by atoms with E-state index in [-0.39, 0.29) is 0 Å². The van der Waals surface area contributed by atoms with Crippen molar-refractivity contribution < 1.29 is 0 Å². The van der Waals surface area contributed by atoms with Crippen molar-refractivity contribution in [3.05, 3.63) is 357 Å². The van der Waals surface area contributed by atoms with E-state index >= 15 is 0 Å². The summed E-state index contributed by atoms with van der Waals surface area (Å²) in [6.45, 7) is 0. The Morgan fingerprint density at radius 3 is 0.931 bits per heavy atom. The Kier molecular flexibility index (Phi) is 17.0. The van der Waals surface area contributed by atoms with Crippen LogP contribution < -0.4 is 10.2 Å². The summed E-state index contributed by atoms with van der Waals surface area (Å²) in [6, 6.07) is 127. The number of hydrogen-bond donors (Lipinski definition) is 1. The molecule has 0 saturated heterocycles. The fourth-order valence-electron chi connectivity index (χ4n) is 13.5. The standard InChI is InChI=1S/C46H29NS3.C28H19NS2.C18H11ClS/c1-4-16-41-34(9-1)28-45(48-41)32-11-7-13-37(25-32)47(38-14-8-12-33(26-38)46-29-35-10-2-5-17-42(35)49-46)36-22-19-30(20-23-36)31-21-24-44-40(27-31)39-15-3-6-18-43(39)50-44;1-3-13-25-21(7-1)17-27(30-25)19-9-5-11-23(15-19)29-24-12-6-10-20(16-24)28-18-22-8-2-4-14-26(22)31-28;19-14-8-5-12(6-9-14)13-7-10-18-16(11-13)15-3-1-2-4-17(15)20-18/h1-29H;1-18,29H;1-11H. The average Bonchev–Trinajstić information content (AvgIpc) is 1.61. The number of anilines is 5. The molecule has 6 aromatic heterocycles. The van der Waals surface area contributed by atoms with E-state index in [0.29, 0.717) is 0 Å². The third kappa shape index (κ3) is 12.9. The molecule has 0 spiro atoms. The Morgan fingerprint density at radius 1 is 0.208 bits per heavy atom. The molecule has 20 rings (SSSR count). The van der Waals surface area contributed by atoms with E-state index in [1.165, 1.54) is 145 Å². The first-order chi connectivity index (χ1) is 49.9. The topological polar surface area (TPSA) is 15.3 Å². The summed E-state index contributed by atoms with van der Waals surface area (Å²) >= 11 is 17.0. The van der Waals surface area contributed by atoms with Crippen LogP contribution in [0, 0.1) is 0 Å². The maximum atomic E-state index is 5.96. The summed E-state index contributed by atoms with van der Waals surface area (Å²) in [5.74, 6) is 0. The van der Waals surface area contributed by atoms with Crippen molar-refractivity contribution in [2.24, 2.45) is 0 Å². The summed E-state index contributed by atoms with van der Waals surface area (Å²) < 4.78 is 10.6. The largest absolute Gasteiger partial charge is 0.355 e. The van der Waals surface area contributed by atoms with Crippen LogP contribution in [0.3, 0.4) is 0 Å². The molecule has 0 aliphatic carbocycles. The van der Waals surface area contributed by atoms with Gasteiger partial charge in [-0.25, -0.2) is 0 Å². The first-order valence-corrected chi connectivity index (χ1v) is 38.8. The minimum atomic E-state index is 0.774. The molecule has 6 heterocycles. The van der Waals surface area contributed by atoms with E-state index in [0.717, 1.165) is 33.5 Å². The molecule has 480 valence electrons. The zero-order valence-electron chi connectivity index (χ0n) is 54.3. The SMILES string of the molecule is Clc1ccc(-c2ccc3sc4ccccc4c3c2)cc1.c1cc(-c2cc3ccccc3s2)cc(N(c2ccc(-c3ccc4sc5ccccc5c4c3)cc2)c2cccc(-c3cc4ccccc4s3)c2)c1.c1cc(Nc2cccc(-c3cc4ccccc4s3)c2)cc(-c2cc3ccccc3s2)c1. The van der Waals surface area contributed by atoms with E-state index in [9.17, 15) is 0 Å². The summed E-state index contributed by atoms with van der Waals surface area (Å²) in [5, 5.41) is 14.9. The predicted octanol–water partition coefficient (Wildman–Crippen LogP) is 30.5. The summed E-state index contributed by atoms with van der Waals surface area (Å²) in [6.07, 6.45) is 0. The first-order valence-electron chi connectivity index (χ1n) is 33.5. The van der Waals surface area contributed by atoms with Gasteiger partial charge in [-0.3, -0.25) is 0 Å². The van der Waals surface area contributed by atoms with Gasteiger partial charge in [0, 0.05) is 112 Å². The molecule has 0 amide bonds. The molecule has 2 nitrogen and oxygen atoms in total. The second-order valence-corrected chi connectivity index (χ2v) is 31.9. The fraction of sp³-hybridized carbons (Fsp3) is 0. The van der Waals surface area contributed by atoms with Gasteiger partial charge in [0.15, 0.2) is 0 Å². The molecule has 101 heavy (non-hydrogen) atoms. The van der Waals surface area contributed by atoms with Crippen molar-refractivity contribution in [3.8, 4) is 64.0 Å². The van der Waals surface area contributed by atoms with Gasteiger partial charge in [0.2, 0.25) is 0 Å². The quantitative estimate of drug-likeness (QED) is 0.139. The number of halogens is 1. The van der Waals surface area contributed by atoms with Crippen molar-refractivity contribution in [1.82, 2.24) is 0 Å². The number of fused-ring (bicyclic) bond motifs is 10. The molecule has 0 aliphatic rings. The molecule has 0 atom stereocenters.